The van der Waals surface area contributed by atoms with Crippen molar-refractivity contribution >= 4 is 0 Å². The van der Waals surface area contributed by atoms with Crippen molar-refractivity contribution in [3.05, 3.63) is 39.5 Å². The monoisotopic (exact) mass is 159 g/mol. The Morgan fingerprint density at radius 2 is 2.36 bits per heavy atom. The molecule has 0 aromatic carbocycles. The number of hydrogen-bond donors (Lipinski definition) is 0. The van der Waals surface area contributed by atoms with Gasteiger partial charge >= 0.3 is 0 Å². The first kappa shape index (κ1) is 7.63. The fourth-order valence-electron chi connectivity index (χ4n) is 0.643. The van der Waals surface area contributed by atoms with E-state index in [0.717, 1.165) is 0 Å². The molecule has 0 heterocycles. The summed E-state index contributed by atoms with van der Waals surface area (Å²) in [5, 5.41) is 9.98. The molecule has 11 heavy (non-hydrogen) atoms. The minimum atomic E-state index is -1.86. The highest BCUT2D eigenvalue weighted by molar-refractivity contribution is 5.24. The molecule has 0 fully saturated rings. The van der Waals surface area contributed by atoms with Crippen LogP contribution in [0.5, 0.6) is 0 Å². The molecule has 3 nitrogen and oxygen atoms in total. The van der Waals surface area contributed by atoms with Gasteiger partial charge in [0.1, 0.15) is 0 Å². The zero-order valence-corrected chi connectivity index (χ0v) is 5.25. The Hall–Kier alpha value is -1.48. The van der Waals surface area contributed by atoms with Gasteiger partial charge in [0, 0.05) is 6.08 Å². The van der Waals surface area contributed by atoms with Gasteiger partial charge in [-0.25, -0.2) is 4.39 Å². The van der Waals surface area contributed by atoms with Gasteiger partial charge < -0.3 is 0 Å². The van der Waals surface area contributed by atoms with E-state index in [-0.39, 0.29) is 0 Å². The van der Waals surface area contributed by atoms with E-state index >= 15 is 0 Å². The van der Waals surface area contributed by atoms with Crippen LogP contribution in [-0.4, -0.2) is 11.1 Å². The molecule has 58 valence electrons. The molecule has 0 aromatic heterocycles. The predicted octanol–water partition coefficient (Wildman–Crippen LogP) is 1.51. The van der Waals surface area contributed by atoms with Gasteiger partial charge in [0.2, 0.25) is 6.17 Å². The Morgan fingerprint density at radius 1 is 1.73 bits per heavy atom. The SMILES string of the molecule is O=[N+]([O-])C1=CC(F)=C=CC1F. The summed E-state index contributed by atoms with van der Waals surface area (Å²) in [6.07, 6.45) is -0.664. The molecule has 0 saturated carbocycles. The lowest BCUT2D eigenvalue weighted by molar-refractivity contribution is -0.432. The van der Waals surface area contributed by atoms with E-state index in [1.165, 1.54) is 0 Å². The zero-order valence-electron chi connectivity index (χ0n) is 5.25. The van der Waals surface area contributed by atoms with Gasteiger partial charge in [0.15, 0.2) is 5.83 Å². The standard InChI is InChI=1S/C6H3F2NO2/c7-4-1-2-5(8)6(3-4)9(10)11/h2-3,5H. The van der Waals surface area contributed by atoms with Crippen molar-refractivity contribution in [2.75, 3.05) is 0 Å². The average Bonchev–Trinajstić information content (AvgIpc) is 1.94. The molecule has 0 radical (unpaired) electrons. The summed E-state index contributed by atoms with van der Waals surface area (Å²) in [6, 6.07) is 0. The minimum Gasteiger partial charge on any atom is -0.259 e. The fourth-order valence-corrected chi connectivity index (χ4v) is 0.643. The lowest BCUT2D eigenvalue weighted by Crippen LogP contribution is -2.11. The van der Waals surface area contributed by atoms with E-state index in [1.54, 1.807) is 0 Å². The van der Waals surface area contributed by atoms with Crippen LogP contribution < -0.4 is 0 Å². The molecule has 1 rings (SSSR count). The topological polar surface area (TPSA) is 43.1 Å². The molecule has 1 aliphatic rings. The lowest BCUT2D eigenvalue weighted by Gasteiger charge is -2.00. The molecule has 0 aliphatic heterocycles. The molecule has 0 saturated heterocycles. The smallest absolute Gasteiger partial charge is 0.259 e. The fraction of sp³-hybridized carbons (Fsp3) is 0.167. The average molecular weight is 159 g/mol. The normalized spacial score (nSPS) is 22.5. The lowest BCUT2D eigenvalue weighted by atomic mass is 10.2. The second kappa shape index (κ2) is 2.64. The summed E-state index contributed by atoms with van der Waals surface area (Å²) in [7, 11) is 0. The molecular formula is C6H3F2NO2. The zero-order chi connectivity index (χ0) is 8.43. The molecule has 1 aliphatic carbocycles. The van der Waals surface area contributed by atoms with Crippen molar-refractivity contribution in [3.63, 3.8) is 0 Å². The van der Waals surface area contributed by atoms with E-state index in [9.17, 15) is 18.9 Å². The highest BCUT2D eigenvalue weighted by Crippen LogP contribution is 2.16. The number of halogens is 2. The first-order valence-corrected chi connectivity index (χ1v) is 2.73. The third-order valence-electron chi connectivity index (χ3n) is 1.14. The number of nitro groups is 1. The highest BCUT2D eigenvalue weighted by Gasteiger charge is 2.24. The van der Waals surface area contributed by atoms with Crippen molar-refractivity contribution in [3.8, 4) is 0 Å². The summed E-state index contributed by atoms with van der Waals surface area (Å²) >= 11 is 0. The van der Waals surface area contributed by atoms with Gasteiger partial charge in [0.05, 0.1) is 11.0 Å². The van der Waals surface area contributed by atoms with Crippen molar-refractivity contribution in [2.24, 2.45) is 0 Å². The van der Waals surface area contributed by atoms with Crippen LogP contribution in [0.3, 0.4) is 0 Å². The number of rotatable bonds is 1. The first-order valence-electron chi connectivity index (χ1n) is 2.73. The molecule has 0 N–H and O–H groups in total. The Kier molecular flexibility index (Phi) is 1.83. The molecule has 0 bridgehead atoms. The maximum absolute atomic E-state index is 12.5. The van der Waals surface area contributed by atoms with Crippen LogP contribution in [0, 0.1) is 10.1 Å². The van der Waals surface area contributed by atoms with E-state index in [1.807, 2.05) is 5.73 Å². The Labute approximate surface area is 60.5 Å². The van der Waals surface area contributed by atoms with E-state index in [4.69, 9.17) is 0 Å². The molecule has 1 atom stereocenters. The third-order valence-corrected chi connectivity index (χ3v) is 1.14. The largest absolute Gasteiger partial charge is 0.288 e. The summed E-state index contributed by atoms with van der Waals surface area (Å²) in [4.78, 5) is 9.02. The van der Waals surface area contributed by atoms with E-state index in [0.29, 0.717) is 12.2 Å². The van der Waals surface area contributed by atoms with Crippen LogP contribution in [0.1, 0.15) is 0 Å². The number of hydrogen-bond acceptors (Lipinski definition) is 2. The van der Waals surface area contributed by atoms with Crippen LogP contribution in [0.15, 0.2) is 29.4 Å². The second-order valence-electron chi connectivity index (χ2n) is 1.89. The number of allylic oxidation sites excluding steroid dienone is 2. The van der Waals surface area contributed by atoms with Gasteiger partial charge in [0.25, 0.3) is 5.70 Å². The van der Waals surface area contributed by atoms with Gasteiger partial charge in [-0.1, -0.05) is 5.73 Å². The maximum atomic E-state index is 12.5. The first-order chi connectivity index (χ1) is 5.11. The minimum absolute atomic E-state index is 0.519. The van der Waals surface area contributed by atoms with Crippen molar-refractivity contribution < 1.29 is 13.7 Å². The highest BCUT2D eigenvalue weighted by atomic mass is 19.1. The van der Waals surface area contributed by atoms with Gasteiger partial charge in [-0.15, -0.1) is 0 Å². The van der Waals surface area contributed by atoms with Crippen molar-refractivity contribution in [2.45, 2.75) is 6.17 Å². The number of nitrogens with zero attached hydrogens (tertiary/aromatic N) is 1. The summed E-state index contributed by atoms with van der Waals surface area (Å²) in [6.45, 7) is 0. The second-order valence-corrected chi connectivity index (χ2v) is 1.89. The van der Waals surface area contributed by atoms with Crippen molar-refractivity contribution in [1.82, 2.24) is 0 Å². The third kappa shape index (κ3) is 1.50. The van der Waals surface area contributed by atoms with E-state index in [2.05, 4.69) is 0 Å². The van der Waals surface area contributed by atoms with Crippen LogP contribution in [0.25, 0.3) is 0 Å². The molecule has 0 amide bonds. The summed E-state index contributed by atoms with van der Waals surface area (Å²) < 4.78 is 24.7. The van der Waals surface area contributed by atoms with Crippen molar-refractivity contribution in [1.29, 1.82) is 0 Å². The van der Waals surface area contributed by atoms with Gasteiger partial charge in [-0.2, -0.15) is 4.39 Å². The Bertz CT molecular complexity index is 289. The molecule has 0 spiro atoms. The van der Waals surface area contributed by atoms with Crippen LogP contribution in [0.4, 0.5) is 8.78 Å². The van der Waals surface area contributed by atoms with Crippen LogP contribution in [-0.2, 0) is 0 Å². The quantitative estimate of drug-likeness (QED) is 0.330. The van der Waals surface area contributed by atoms with Gasteiger partial charge in [-0.3, -0.25) is 10.1 Å². The number of alkyl halides is 1. The van der Waals surface area contributed by atoms with Gasteiger partial charge in [-0.05, 0) is 0 Å². The summed E-state index contributed by atoms with van der Waals surface area (Å²) in [5.74, 6) is -0.925. The molecule has 0 aromatic rings. The summed E-state index contributed by atoms with van der Waals surface area (Å²) in [5.41, 5.74) is 1.10. The molecule has 1 unspecified atom stereocenters. The molecule has 5 heteroatoms. The van der Waals surface area contributed by atoms with Crippen LogP contribution >= 0.6 is 0 Å². The predicted molar refractivity (Wildman–Crippen MR) is 32.7 cm³/mol. The van der Waals surface area contributed by atoms with Crippen LogP contribution in [0.2, 0.25) is 0 Å². The maximum Gasteiger partial charge on any atom is 0.288 e. The Balaban J connectivity index is 3.02. The Morgan fingerprint density at radius 3 is 2.82 bits per heavy atom. The van der Waals surface area contributed by atoms with E-state index < -0.39 is 22.6 Å². The molecular weight excluding hydrogens is 156 g/mol.